The molecule has 0 atom stereocenters. The van der Waals surface area contributed by atoms with E-state index in [2.05, 4.69) is 13.0 Å². The molecule has 0 aliphatic carbocycles. The number of unbranched alkanes of at least 4 members (excludes halogenated alkanes) is 3. The van der Waals surface area contributed by atoms with Crippen molar-refractivity contribution in [3.8, 4) is 17.2 Å². The van der Waals surface area contributed by atoms with E-state index in [4.69, 9.17) is 5.26 Å². The van der Waals surface area contributed by atoms with Crippen molar-refractivity contribution in [1.29, 1.82) is 5.26 Å². The minimum absolute atomic E-state index is 0.187. The van der Waals surface area contributed by atoms with Crippen LogP contribution in [0.5, 0.6) is 0 Å². The van der Waals surface area contributed by atoms with Crippen LogP contribution in [0.4, 0.5) is 0 Å². The minimum Gasteiger partial charge on any atom is -0.545 e. The predicted octanol–water partition coefficient (Wildman–Crippen LogP) is 3.71. The lowest BCUT2D eigenvalue weighted by Gasteiger charge is -2.13. The van der Waals surface area contributed by atoms with E-state index in [9.17, 15) is 9.90 Å². The fraction of sp³-hybridized carbons (Fsp3) is 0.300. The molecule has 0 amide bonds. The summed E-state index contributed by atoms with van der Waals surface area (Å²) in [6.07, 6.45) is 5.65. The van der Waals surface area contributed by atoms with Crippen LogP contribution in [0.1, 0.15) is 54.1 Å². The molecule has 2 rings (SSSR count). The minimum atomic E-state index is -1.18. The number of rotatable bonds is 7. The largest absolute Gasteiger partial charge is 0.545 e. The number of benzene rings is 2. The first kappa shape index (κ1) is 16.8. The molecule has 0 aliphatic rings. The molecule has 0 unspecified atom stereocenters. The van der Waals surface area contributed by atoms with Gasteiger partial charge in [0.1, 0.15) is 0 Å². The zero-order valence-corrected chi connectivity index (χ0v) is 13.3. The van der Waals surface area contributed by atoms with Crippen molar-refractivity contribution in [2.24, 2.45) is 0 Å². The third-order valence-corrected chi connectivity index (χ3v) is 3.95. The maximum Gasteiger partial charge on any atom is 0.0991 e. The Labute approximate surface area is 137 Å². The number of carboxylic acids is 1. The Balaban J connectivity index is 2.30. The van der Waals surface area contributed by atoms with Gasteiger partial charge in [-0.1, -0.05) is 56.5 Å². The van der Waals surface area contributed by atoms with Crippen molar-refractivity contribution in [2.75, 3.05) is 0 Å². The average Bonchev–Trinajstić information content (AvgIpc) is 2.58. The molecule has 0 aromatic heterocycles. The third-order valence-electron chi connectivity index (χ3n) is 3.95. The molecular formula is C20H20NO2-. The number of carbonyl (C=O) groups is 1. The highest BCUT2D eigenvalue weighted by molar-refractivity contribution is 5.95. The number of aromatic carboxylic acids is 1. The molecule has 118 valence electrons. The van der Waals surface area contributed by atoms with Crippen LogP contribution in [-0.2, 0) is 6.42 Å². The van der Waals surface area contributed by atoms with Gasteiger partial charge in [0, 0.05) is 5.56 Å². The molecule has 0 saturated heterocycles. The first-order valence-electron chi connectivity index (χ1n) is 8.00. The number of nitrogens with zero attached hydrogens (tertiary/aromatic N) is 1. The zero-order valence-electron chi connectivity index (χ0n) is 13.3. The van der Waals surface area contributed by atoms with Gasteiger partial charge in [-0.3, -0.25) is 0 Å². The summed E-state index contributed by atoms with van der Waals surface area (Å²) in [7, 11) is 0. The second kappa shape index (κ2) is 8.14. The number of carbonyl (C=O) groups excluding carboxylic acids is 1. The molecule has 0 saturated carbocycles. The van der Waals surface area contributed by atoms with Gasteiger partial charge in [0.25, 0.3) is 0 Å². The predicted molar refractivity (Wildman–Crippen MR) is 88.8 cm³/mol. The Bertz CT molecular complexity index is 711. The first-order chi connectivity index (χ1) is 11.2. The second-order valence-corrected chi connectivity index (χ2v) is 5.67. The van der Waals surface area contributed by atoms with Gasteiger partial charge in [-0.25, -0.2) is 0 Å². The van der Waals surface area contributed by atoms with E-state index in [1.54, 1.807) is 30.3 Å². The lowest BCUT2D eigenvalue weighted by atomic mass is 9.94. The highest BCUT2D eigenvalue weighted by Crippen LogP contribution is 2.26. The summed E-state index contributed by atoms with van der Waals surface area (Å²) in [6.45, 7) is 2.18. The summed E-state index contributed by atoms with van der Waals surface area (Å²) in [4.78, 5) is 11.4. The fourth-order valence-corrected chi connectivity index (χ4v) is 2.64. The lowest BCUT2D eigenvalue weighted by Crippen LogP contribution is -2.23. The van der Waals surface area contributed by atoms with Gasteiger partial charge in [-0.2, -0.15) is 5.26 Å². The Morgan fingerprint density at radius 1 is 1.09 bits per heavy atom. The van der Waals surface area contributed by atoms with Crippen molar-refractivity contribution in [1.82, 2.24) is 0 Å². The Kier molecular flexibility index (Phi) is 5.94. The molecule has 3 heteroatoms. The van der Waals surface area contributed by atoms with Crippen molar-refractivity contribution >= 4 is 5.97 Å². The van der Waals surface area contributed by atoms with Crippen LogP contribution in [0, 0.1) is 11.3 Å². The smallest absolute Gasteiger partial charge is 0.0991 e. The van der Waals surface area contributed by atoms with E-state index in [-0.39, 0.29) is 5.56 Å². The molecule has 0 N–H and O–H groups in total. The Hall–Kier alpha value is -2.60. The maximum absolute atomic E-state index is 11.4. The maximum atomic E-state index is 11.4. The van der Waals surface area contributed by atoms with Crippen LogP contribution in [-0.4, -0.2) is 5.97 Å². The third kappa shape index (κ3) is 4.43. The summed E-state index contributed by atoms with van der Waals surface area (Å²) in [5.41, 5.74) is 3.32. The molecule has 2 aromatic carbocycles. The highest BCUT2D eigenvalue weighted by Gasteiger charge is 2.08. The monoisotopic (exact) mass is 306 g/mol. The molecule has 0 bridgehead atoms. The Morgan fingerprint density at radius 3 is 2.43 bits per heavy atom. The number of hydrogen-bond acceptors (Lipinski definition) is 3. The molecule has 0 heterocycles. The van der Waals surface area contributed by atoms with Gasteiger partial charge < -0.3 is 9.90 Å². The topological polar surface area (TPSA) is 63.9 Å². The normalized spacial score (nSPS) is 10.3. The lowest BCUT2D eigenvalue weighted by molar-refractivity contribution is -0.254. The molecule has 0 spiro atoms. The quantitative estimate of drug-likeness (QED) is 0.732. The van der Waals surface area contributed by atoms with Crippen molar-refractivity contribution in [2.45, 2.75) is 39.0 Å². The standard InChI is InChI=1S/C20H21NO2/c1-2-3-4-5-6-15-9-12-18(20(22)23)19(13-15)17-10-7-16(14-21)8-11-17/h7-13H,2-6H2,1H3,(H,22,23)/p-1. The summed E-state index contributed by atoms with van der Waals surface area (Å²) in [5.74, 6) is -1.18. The molecule has 3 nitrogen and oxygen atoms in total. The molecule has 0 radical (unpaired) electrons. The van der Waals surface area contributed by atoms with Crippen molar-refractivity contribution in [3.05, 3.63) is 59.2 Å². The van der Waals surface area contributed by atoms with Gasteiger partial charge in [0.15, 0.2) is 0 Å². The van der Waals surface area contributed by atoms with E-state index in [0.29, 0.717) is 11.1 Å². The Morgan fingerprint density at radius 2 is 1.83 bits per heavy atom. The van der Waals surface area contributed by atoms with Gasteiger partial charge in [0.05, 0.1) is 17.6 Å². The van der Waals surface area contributed by atoms with Crippen LogP contribution in [0.25, 0.3) is 11.1 Å². The average molecular weight is 306 g/mol. The summed E-state index contributed by atoms with van der Waals surface area (Å²) in [6, 6.07) is 14.4. The first-order valence-corrected chi connectivity index (χ1v) is 8.00. The molecular weight excluding hydrogens is 286 g/mol. The van der Waals surface area contributed by atoms with Crippen LogP contribution in [0.3, 0.4) is 0 Å². The number of carboxylic acid groups (broad SMARTS) is 1. The summed E-state index contributed by atoms with van der Waals surface area (Å²) >= 11 is 0. The van der Waals surface area contributed by atoms with E-state index in [1.165, 1.54) is 19.3 Å². The second-order valence-electron chi connectivity index (χ2n) is 5.67. The SMILES string of the molecule is CCCCCCc1ccc(C(=O)[O-])c(-c2ccc(C#N)cc2)c1. The van der Waals surface area contributed by atoms with Crippen LogP contribution in [0.2, 0.25) is 0 Å². The molecule has 0 fully saturated rings. The highest BCUT2D eigenvalue weighted by atomic mass is 16.4. The zero-order chi connectivity index (χ0) is 16.7. The van der Waals surface area contributed by atoms with Crippen LogP contribution >= 0.6 is 0 Å². The van der Waals surface area contributed by atoms with Gasteiger partial charge in [0.2, 0.25) is 0 Å². The molecule has 23 heavy (non-hydrogen) atoms. The molecule has 2 aromatic rings. The van der Waals surface area contributed by atoms with Gasteiger partial charge in [-0.15, -0.1) is 0 Å². The van der Waals surface area contributed by atoms with Crippen LogP contribution < -0.4 is 5.11 Å². The van der Waals surface area contributed by atoms with E-state index < -0.39 is 5.97 Å². The van der Waals surface area contributed by atoms with Gasteiger partial charge >= 0.3 is 0 Å². The summed E-state index contributed by atoms with van der Waals surface area (Å²) < 4.78 is 0. The van der Waals surface area contributed by atoms with Crippen molar-refractivity contribution < 1.29 is 9.90 Å². The van der Waals surface area contributed by atoms with Crippen molar-refractivity contribution in [3.63, 3.8) is 0 Å². The van der Waals surface area contributed by atoms with Crippen LogP contribution in [0.15, 0.2) is 42.5 Å². The number of hydrogen-bond donors (Lipinski definition) is 0. The van der Waals surface area contributed by atoms with E-state index in [1.807, 2.05) is 12.1 Å². The van der Waals surface area contributed by atoms with E-state index >= 15 is 0 Å². The number of aryl methyl sites for hydroxylation is 1. The number of nitriles is 1. The molecule has 0 aliphatic heterocycles. The fourth-order valence-electron chi connectivity index (χ4n) is 2.64. The van der Waals surface area contributed by atoms with E-state index in [0.717, 1.165) is 24.0 Å². The summed E-state index contributed by atoms with van der Waals surface area (Å²) in [5, 5.41) is 20.2. The van der Waals surface area contributed by atoms with Gasteiger partial charge in [-0.05, 0) is 41.7 Å².